The summed E-state index contributed by atoms with van der Waals surface area (Å²) in [6.45, 7) is 6.85. The van der Waals surface area contributed by atoms with E-state index in [1.54, 1.807) is 12.1 Å². The average Bonchev–Trinajstić information content (AvgIpc) is 3.34. The summed E-state index contributed by atoms with van der Waals surface area (Å²) in [5.74, 6) is 0.518. The van der Waals surface area contributed by atoms with E-state index in [-0.39, 0.29) is 16.0 Å². The molecule has 0 amide bonds. The van der Waals surface area contributed by atoms with E-state index in [1.807, 2.05) is 12.1 Å². The molecule has 0 radical (unpaired) electrons. The molecule has 0 fully saturated rings. The molecule has 0 bridgehead atoms. The van der Waals surface area contributed by atoms with Gasteiger partial charge in [0.2, 0.25) is 0 Å². The number of anilines is 3. The Balaban J connectivity index is 1.21. The van der Waals surface area contributed by atoms with Crippen LogP contribution in [0.2, 0.25) is 0 Å². The number of fused-ring (bicyclic) bond motifs is 9. The van der Waals surface area contributed by atoms with Crippen LogP contribution in [-0.2, 0) is 11.8 Å². The third kappa shape index (κ3) is 4.29. The molecule has 1 atom stereocenters. The molecule has 0 spiro atoms. The first kappa shape index (κ1) is 28.5. The molecule has 0 aliphatic heterocycles. The Labute approximate surface area is 279 Å². The van der Waals surface area contributed by atoms with Crippen molar-refractivity contribution < 1.29 is 4.92 Å². The maximum absolute atomic E-state index is 11.5. The highest BCUT2D eigenvalue weighted by atomic mass is 16.6. The van der Waals surface area contributed by atoms with Gasteiger partial charge in [-0.05, 0) is 121 Å². The third-order valence-electron chi connectivity index (χ3n) is 10.5. The Morgan fingerprint density at radius 3 is 1.98 bits per heavy atom. The Hall–Kier alpha value is -5.74. The highest BCUT2D eigenvalue weighted by molar-refractivity contribution is 6.04. The minimum atomic E-state index is -0.319. The molecule has 0 heterocycles. The monoisotopic (exact) mass is 622 g/mol. The SMILES string of the molecule is CC1C=Cc2ccc(N(c3ccc4ccccc4c3)c3ccc4c5c(ccc4c3)-c3ccc4cc([N+](=O)[O-])ccc4c3C5(C)C)cc2C1. The zero-order chi connectivity index (χ0) is 32.7. The summed E-state index contributed by atoms with van der Waals surface area (Å²) < 4.78 is 0. The van der Waals surface area contributed by atoms with Gasteiger partial charge in [-0.2, -0.15) is 0 Å². The van der Waals surface area contributed by atoms with Crippen LogP contribution >= 0.6 is 0 Å². The lowest BCUT2D eigenvalue weighted by Crippen LogP contribution is -2.16. The summed E-state index contributed by atoms with van der Waals surface area (Å²) in [6, 6.07) is 43.0. The minimum Gasteiger partial charge on any atom is -0.310 e. The first-order chi connectivity index (χ1) is 23.3. The van der Waals surface area contributed by atoms with Crippen molar-refractivity contribution >= 4 is 61.1 Å². The summed E-state index contributed by atoms with van der Waals surface area (Å²) in [7, 11) is 0. The number of rotatable bonds is 4. The second kappa shape index (κ2) is 10.4. The summed E-state index contributed by atoms with van der Waals surface area (Å²) >= 11 is 0. The summed E-state index contributed by atoms with van der Waals surface area (Å²) in [5, 5.41) is 18.4. The van der Waals surface area contributed by atoms with E-state index in [2.05, 4.69) is 135 Å². The van der Waals surface area contributed by atoms with Crippen molar-refractivity contribution in [3.05, 3.63) is 160 Å². The lowest BCUT2D eigenvalue weighted by molar-refractivity contribution is -0.384. The second-order valence-corrected chi connectivity index (χ2v) is 14.0. The van der Waals surface area contributed by atoms with Crippen molar-refractivity contribution in [3.8, 4) is 11.1 Å². The molecule has 1 unspecified atom stereocenters. The molecule has 0 saturated carbocycles. The van der Waals surface area contributed by atoms with Gasteiger partial charge in [0.25, 0.3) is 5.69 Å². The van der Waals surface area contributed by atoms with Gasteiger partial charge < -0.3 is 4.90 Å². The molecule has 0 saturated heterocycles. The predicted octanol–water partition coefficient (Wildman–Crippen LogP) is 12.0. The van der Waals surface area contributed by atoms with Crippen LogP contribution in [0.25, 0.3) is 49.5 Å². The van der Waals surface area contributed by atoms with Crippen LogP contribution in [0.15, 0.2) is 127 Å². The van der Waals surface area contributed by atoms with E-state index < -0.39 is 0 Å². The summed E-state index contributed by atoms with van der Waals surface area (Å²) in [6.07, 6.45) is 5.60. The maximum atomic E-state index is 11.5. The number of nitro benzene ring substituents is 1. The number of non-ortho nitro benzene ring substituents is 1. The van der Waals surface area contributed by atoms with Gasteiger partial charge in [0, 0.05) is 34.6 Å². The molecule has 2 aliphatic rings. The Bertz CT molecular complexity index is 2530. The minimum absolute atomic E-state index is 0.120. The third-order valence-corrected chi connectivity index (χ3v) is 10.5. The largest absolute Gasteiger partial charge is 0.310 e. The molecule has 48 heavy (non-hydrogen) atoms. The van der Waals surface area contributed by atoms with Crippen molar-refractivity contribution in [1.29, 1.82) is 0 Å². The van der Waals surface area contributed by atoms with E-state index >= 15 is 0 Å². The molecule has 9 rings (SSSR count). The van der Waals surface area contributed by atoms with Crippen LogP contribution in [-0.4, -0.2) is 4.92 Å². The molecule has 0 aromatic heterocycles. The van der Waals surface area contributed by atoms with Crippen LogP contribution in [0.4, 0.5) is 22.7 Å². The smallest absolute Gasteiger partial charge is 0.270 e. The Kier molecular flexibility index (Phi) is 6.16. The highest BCUT2D eigenvalue weighted by Gasteiger charge is 2.38. The van der Waals surface area contributed by atoms with Crippen molar-refractivity contribution in [2.24, 2.45) is 5.92 Å². The highest BCUT2D eigenvalue weighted by Crippen LogP contribution is 2.54. The first-order valence-electron chi connectivity index (χ1n) is 16.7. The number of allylic oxidation sites excluding steroid dienone is 1. The average molecular weight is 623 g/mol. The van der Waals surface area contributed by atoms with E-state index in [0.29, 0.717) is 5.92 Å². The van der Waals surface area contributed by atoms with Gasteiger partial charge in [-0.15, -0.1) is 0 Å². The topological polar surface area (TPSA) is 46.4 Å². The van der Waals surface area contributed by atoms with Gasteiger partial charge >= 0.3 is 0 Å². The lowest BCUT2D eigenvalue weighted by atomic mass is 9.78. The van der Waals surface area contributed by atoms with Gasteiger partial charge in [-0.25, -0.2) is 0 Å². The molecular formula is C44H34N2O2. The van der Waals surface area contributed by atoms with Crippen LogP contribution in [0.5, 0.6) is 0 Å². The molecule has 7 aromatic carbocycles. The number of benzene rings is 7. The quantitative estimate of drug-likeness (QED) is 0.145. The number of hydrogen-bond acceptors (Lipinski definition) is 3. The molecule has 4 heteroatoms. The van der Waals surface area contributed by atoms with Crippen LogP contribution < -0.4 is 4.90 Å². The van der Waals surface area contributed by atoms with Gasteiger partial charge in [0.15, 0.2) is 0 Å². The number of nitro groups is 1. The molecule has 0 N–H and O–H groups in total. The fourth-order valence-corrected chi connectivity index (χ4v) is 8.32. The van der Waals surface area contributed by atoms with Crippen molar-refractivity contribution in [2.75, 3.05) is 4.90 Å². The fraction of sp³-hybridized carbons (Fsp3) is 0.136. The van der Waals surface area contributed by atoms with Gasteiger partial charge in [0.1, 0.15) is 0 Å². The van der Waals surface area contributed by atoms with Gasteiger partial charge in [-0.3, -0.25) is 10.1 Å². The maximum Gasteiger partial charge on any atom is 0.270 e. The second-order valence-electron chi connectivity index (χ2n) is 14.0. The zero-order valence-electron chi connectivity index (χ0n) is 27.2. The van der Waals surface area contributed by atoms with E-state index in [4.69, 9.17) is 0 Å². The summed E-state index contributed by atoms with van der Waals surface area (Å²) in [5.41, 5.74) is 10.9. The van der Waals surface area contributed by atoms with Crippen LogP contribution in [0, 0.1) is 16.0 Å². The standard InChI is InChI=1S/C44H34N2O2/c1-27-8-9-29-11-15-35(26-33(29)22-27)45(34-14-10-28-6-4-5-7-30(28)23-34)36-16-20-38-31(24-36)12-18-40-41-19-13-32-25-37(46(47)48)17-21-39(32)43(41)44(2,3)42(38)40/h4-21,23-27H,22H2,1-3H3. The predicted molar refractivity (Wildman–Crippen MR) is 200 cm³/mol. The molecule has 2 aliphatic carbocycles. The van der Waals surface area contributed by atoms with Crippen LogP contribution in [0.1, 0.15) is 43.0 Å². The van der Waals surface area contributed by atoms with E-state index in [0.717, 1.165) is 34.3 Å². The first-order valence-corrected chi connectivity index (χ1v) is 16.7. The molecular weight excluding hydrogens is 588 g/mol. The van der Waals surface area contributed by atoms with E-state index in [9.17, 15) is 10.1 Å². The normalized spacial score (nSPS) is 15.8. The van der Waals surface area contributed by atoms with Crippen molar-refractivity contribution in [3.63, 3.8) is 0 Å². The molecule has 7 aromatic rings. The van der Waals surface area contributed by atoms with Gasteiger partial charge in [0.05, 0.1) is 4.92 Å². The fourth-order valence-electron chi connectivity index (χ4n) is 8.32. The lowest BCUT2D eigenvalue weighted by Gasteiger charge is -2.29. The van der Waals surface area contributed by atoms with E-state index in [1.165, 1.54) is 54.9 Å². The van der Waals surface area contributed by atoms with Crippen molar-refractivity contribution in [2.45, 2.75) is 32.6 Å². The molecule has 232 valence electrons. The van der Waals surface area contributed by atoms with Gasteiger partial charge in [-0.1, -0.05) is 99.7 Å². The molecule has 4 nitrogen and oxygen atoms in total. The van der Waals surface area contributed by atoms with Crippen LogP contribution in [0.3, 0.4) is 0 Å². The zero-order valence-corrected chi connectivity index (χ0v) is 27.2. The number of nitrogens with zero attached hydrogens (tertiary/aromatic N) is 2. The Morgan fingerprint density at radius 2 is 1.25 bits per heavy atom. The summed E-state index contributed by atoms with van der Waals surface area (Å²) in [4.78, 5) is 13.6. The van der Waals surface area contributed by atoms with Crippen molar-refractivity contribution in [1.82, 2.24) is 0 Å². The Morgan fingerprint density at radius 1 is 0.667 bits per heavy atom. The number of hydrogen-bond donors (Lipinski definition) is 0.